The average molecular weight is 339 g/mol. The first-order valence-electron chi connectivity index (χ1n) is 7.87. The monoisotopic (exact) mass is 339 g/mol. The van der Waals surface area contributed by atoms with Gasteiger partial charge in [-0.1, -0.05) is 6.92 Å². The first kappa shape index (κ1) is 17.9. The van der Waals surface area contributed by atoms with E-state index in [0.717, 1.165) is 44.1 Å². The van der Waals surface area contributed by atoms with Gasteiger partial charge in [-0.25, -0.2) is 4.79 Å². The van der Waals surface area contributed by atoms with Crippen LogP contribution in [0.5, 0.6) is 0 Å². The number of nitrogens with one attached hydrogen (secondary N) is 1. The third-order valence-electron chi connectivity index (χ3n) is 3.99. The van der Waals surface area contributed by atoms with E-state index >= 15 is 0 Å². The van der Waals surface area contributed by atoms with E-state index in [1.807, 2.05) is 0 Å². The summed E-state index contributed by atoms with van der Waals surface area (Å²) in [4.78, 5) is 29.3. The van der Waals surface area contributed by atoms with Gasteiger partial charge < -0.3 is 19.9 Å². The third kappa shape index (κ3) is 5.30. The highest BCUT2D eigenvalue weighted by atomic mass is 32.1. The Balaban J connectivity index is 1.75. The lowest BCUT2D eigenvalue weighted by Crippen LogP contribution is -2.46. The predicted molar refractivity (Wildman–Crippen MR) is 91.1 cm³/mol. The van der Waals surface area contributed by atoms with Crippen LogP contribution in [0.4, 0.5) is 0 Å². The molecular formula is C16H25N3O3S. The van der Waals surface area contributed by atoms with Gasteiger partial charge in [0.25, 0.3) is 5.91 Å². The molecule has 1 aromatic heterocycles. The van der Waals surface area contributed by atoms with Crippen molar-refractivity contribution in [2.45, 2.75) is 6.92 Å². The maximum atomic E-state index is 12.1. The SMILES string of the molecule is COC(=O)c1ccc(C(=O)NCC(C)CN2CCN(C)CC2)s1. The molecule has 1 aliphatic rings. The van der Waals surface area contributed by atoms with Gasteiger partial charge in [-0.2, -0.15) is 0 Å². The number of carbonyl (C=O) groups excluding carboxylic acids is 2. The summed E-state index contributed by atoms with van der Waals surface area (Å²) < 4.78 is 4.65. The van der Waals surface area contributed by atoms with Crippen LogP contribution < -0.4 is 5.32 Å². The Bertz CT molecular complexity index is 538. The zero-order valence-corrected chi connectivity index (χ0v) is 14.8. The molecule has 1 saturated heterocycles. The van der Waals surface area contributed by atoms with E-state index in [4.69, 9.17) is 0 Å². The molecule has 1 aliphatic heterocycles. The van der Waals surface area contributed by atoms with Crippen molar-refractivity contribution in [3.63, 3.8) is 0 Å². The van der Waals surface area contributed by atoms with Crippen molar-refractivity contribution in [2.75, 3.05) is 53.4 Å². The van der Waals surface area contributed by atoms with E-state index in [9.17, 15) is 9.59 Å². The molecular weight excluding hydrogens is 314 g/mol. The highest BCUT2D eigenvalue weighted by Crippen LogP contribution is 2.17. The second-order valence-corrected chi connectivity index (χ2v) is 7.16. The van der Waals surface area contributed by atoms with Crippen molar-refractivity contribution in [3.8, 4) is 0 Å². The topological polar surface area (TPSA) is 61.9 Å². The first-order valence-corrected chi connectivity index (χ1v) is 8.68. The van der Waals surface area contributed by atoms with Gasteiger partial charge in [-0.3, -0.25) is 4.79 Å². The molecule has 0 radical (unpaired) electrons. The molecule has 0 aliphatic carbocycles. The van der Waals surface area contributed by atoms with Crippen molar-refractivity contribution in [3.05, 3.63) is 21.9 Å². The minimum Gasteiger partial charge on any atom is -0.465 e. The van der Waals surface area contributed by atoms with Gasteiger partial charge in [0, 0.05) is 39.3 Å². The van der Waals surface area contributed by atoms with Crippen LogP contribution >= 0.6 is 11.3 Å². The van der Waals surface area contributed by atoms with Gasteiger partial charge in [0.15, 0.2) is 0 Å². The number of ether oxygens (including phenoxy) is 1. The van der Waals surface area contributed by atoms with Crippen molar-refractivity contribution >= 4 is 23.2 Å². The predicted octanol–water partition coefficient (Wildman–Crippen LogP) is 1.15. The number of esters is 1. The number of piperazine rings is 1. The molecule has 1 aromatic rings. The molecule has 0 aromatic carbocycles. The lowest BCUT2D eigenvalue weighted by atomic mass is 10.1. The van der Waals surface area contributed by atoms with Gasteiger partial charge in [0.2, 0.25) is 0 Å². The van der Waals surface area contributed by atoms with Gasteiger partial charge in [-0.15, -0.1) is 11.3 Å². The summed E-state index contributed by atoms with van der Waals surface area (Å²) in [5, 5.41) is 2.95. The zero-order chi connectivity index (χ0) is 16.8. The van der Waals surface area contributed by atoms with Crippen LogP contribution in [0.2, 0.25) is 0 Å². The maximum absolute atomic E-state index is 12.1. The summed E-state index contributed by atoms with van der Waals surface area (Å²) in [6, 6.07) is 3.29. The molecule has 1 fully saturated rings. The summed E-state index contributed by atoms with van der Waals surface area (Å²) in [5.74, 6) is -0.143. The Kier molecular flexibility index (Phi) is 6.56. The van der Waals surface area contributed by atoms with E-state index in [1.54, 1.807) is 12.1 Å². The van der Waals surface area contributed by atoms with Crippen LogP contribution in [-0.2, 0) is 4.74 Å². The fourth-order valence-corrected chi connectivity index (χ4v) is 3.40. The highest BCUT2D eigenvalue weighted by molar-refractivity contribution is 7.15. The minimum absolute atomic E-state index is 0.129. The zero-order valence-electron chi connectivity index (χ0n) is 14.0. The summed E-state index contributed by atoms with van der Waals surface area (Å²) in [5.41, 5.74) is 0. The van der Waals surface area contributed by atoms with E-state index in [-0.39, 0.29) is 5.91 Å². The first-order chi connectivity index (χ1) is 11.0. The standard InChI is InChI=1S/C16H25N3O3S/c1-12(11-19-8-6-18(2)7-9-19)10-17-15(20)13-4-5-14(23-13)16(21)22-3/h4-5,12H,6-11H2,1-3H3,(H,17,20). The molecule has 1 amide bonds. The van der Waals surface area contributed by atoms with Crippen LogP contribution in [0, 0.1) is 5.92 Å². The molecule has 6 nitrogen and oxygen atoms in total. The Labute approximate surface area is 141 Å². The molecule has 128 valence electrons. The van der Waals surface area contributed by atoms with Gasteiger partial charge in [0.05, 0.1) is 12.0 Å². The smallest absolute Gasteiger partial charge is 0.348 e. The Morgan fingerprint density at radius 3 is 2.57 bits per heavy atom. The van der Waals surface area contributed by atoms with Crippen LogP contribution in [0.25, 0.3) is 0 Å². The normalized spacial score (nSPS) is 17.7. The summed E-state index contributed by atoms with van der Waals surface area (Å²) in [6.07, 6.45) is 0. The third-order valence-corrected chi connectivity index (χ3v) is 5.06. The lowest BCUT2D eigenvalue weighted by molar-refractivity contribution is 0.0606. The van der Waals surface area contributed by atoms with Gasteiger partial charge >= 0.3 is 5.97 Å². The highest BCUT2D eigenvalue weighted by Gasteiger charge is 2.18. The molecule has 2 rings (SSSR count). The Morgan fingerprint density at radius 1 is 1.26 bits per heavy atom. The largest absolute Gasteiger partial charge is 0.465 e. The molecule has 0 saturated carbocycles. The number of nitrogens with zero attached hydrogens (tertiary/aromatic N) is 2. The molecule has 1 unspecified atom stereocenters. The Morgan fingerprint density at radius 2 is 1.91 bits per heavy atom. The number of amides is 1. The van der Waals surface area contributed by atoms with Crippen molar-refractivity contribution in [2.24, 2.45) is 5.92 Å². The molecule has 23 heavy (non-hydrogen) atoms. The molecule has 2 heterocycles. The number of methoxy groups -OCH3 is 1. The maximum Gasteiger partial charge on any atom is 0.348 e. The average Bonchev–Trinajstić information content (AvgIpc) is 3.04. The molecule has 0 bridgehead atoms. The fourth-order valence-electron chi connectivity index (χ4n) is 2.56. The fraction of sp³-hybridized carbons (Fsp3) is 0.625. The number of thiophene rings is 1. The number of hydrogen-bond acceptors (Lipinski definition) is 6. The second-order valence-electron chi connectivity index (χ2n) is 6.07. The summed E-state index contributed by atoms with van der Waals surface area (Å²) in [6.45, 7) is 8.15. The van der Waals surface area contributed by atoms with Crippen LogP contribution in [0.15, 0.2) is 12.1 Å². The van der Waals surface area contributed by atoms with E-state index < -0.39 is 5.97 Å². The van der Waals surface area contributed by atoms with E-state index in [1.165, 1.54) is 7.11 Å². The van der Waals surface area contributed by atoms with Crippen LogP contribution in [0.1, 0.15) is 26.3 Å². The number of hydrogen-bond donors (Lipinski definition) is 1. The quantitative estimate of drug-likeness (QED) is 0.788. The number of carbonyl (C=O) groups is 2. The van der Waals surface area contributed by atoms with Crippen LogP contribution in [0.3, 0.4) is 0 Å². The van der Waals surface area contributed by atoms with Gasteiger partial charge in [0.1, 0.15) is 4.88 Å². The summed E-state index contributed by atoms with van der Waals surface area (Å²) >= 11 is 1.16. The lowest BCUT2D eigenvalue weighted by Gasteiger charge is -2.33. The minimum atomic E-state index is -0.405. The van der Waals surface area contributed by atoms with E-state index in [2.05, 4.69) is 33.8 Å². The second kappa shape index (κ2) is 8.42. The molecule has 1 N–H and O–H groups in total. The van der Waals surface area contributed by atoms with Gasteiger partial charge in [-0.05, 0) is 25.1 Å². The number of likely N-dealkylation sites (N-methyl/N-ethyl adjacent to an activating group) is 1. The molecule has 1 atom stereocenters. The summed E-state index contributed by atoms with van der Waals surface area (Å²) in [7, 11) is 3.48. The molecule has 0 spiro atoms. The van der Waals surface area contributed by atoms with Crippen LogP contribution in [-0.4, -0.2) is 75.1 Å². The van der Waals surface area contributed by atoms with Crippen molar-refractivity contribution in [1.29, 1.82) is 0 Å². The Hall–Kier alpha value is -1.44. The molecule has 7 heteroatoms. The number of rotatable bonds is 6. The van der Waals surface area contributed by atoms with E-state index in [0.29, 0.717) is 22.2 Å². The van der Waals surface area contributed by atoms with Crippen molar-refractivity contribution < 1.29 is 14.3 Å². The van der Waals surface area contributed by atoms with Crippen molar-refractivity contribution in [1.82, 2.24) is 15.1 Å².